The van der Waals surface area contributed by atoms with Crippen molar-refractivity contribution < 1.29 is 9.53 Å². The number of nitriles is 1. The predicted octanol–water partition coefficient (Wildman–Crippen LogP) is 5.24. The molecular formula is C22H18N2O2S. The molecule has 0 amide bonds. The van der Waals surface area contributed by atoms with Crippen molar-refractivity contribution in [3.8, 4) is 6.07 Å². The summed E-state index contributed by atoms with van der Waals surface area (Å²) in [5.74, 6) is -0.448. The Kier molecular flexibility index (Phi) is 4.74. The summed E-state index contributed by atoms with van der Waals surface area (Å²) in [4.78, 5) is 19.0. The molecule has 4 rings (SSSR count). The van der Waals surface area contributed by atoms with Gasteiger partial charge in [-0.3, -0.25) is 0 Å². The van der Waals surface area contributed by atoms with Gasteiger partial charge in [-0.15, -0.1) is 11.3 Å². The van der Waals surface area contributed by atoms with Gasteiger partial charge in [-0.05, 0) is 60.9 Å². The Balaban J connectivity index is 1.92. The van der Waals surface area contributed by atoms with Gasteiger partial charge in [-0.25, -0.2) is 9.78 Å². The van der Waals surface area contributed by atoms with Gasteiger partial charge < -0.3 is 4.74 Å². The van der Waals surface area contributed by atoms with Crippen LogP contribution in [-0.2, 0) is 11.2 Å². The Morgan fingerprint density at radius 2 is 2.15 bits per heavy atom. The first-order valence-electron chi connectivity index (χ1n) is 8.94. The van der Waals surface area contributed by atoms with E-state index < -0.39 is 12.1 Å². The molecule has 134 valence electrons. The average Bonchev–Trinajstić information content (AvgIpc) is 3.19. The maximum Gasteiger partial charge on any atom is 0.340 e. The molecule has 2 heterocycles. The van der Waals surface area contributed by atoms with E-state index in [0.717, 1.165) is 47.0 Å². The van der Waals surface area contributed by atoms with E-state index in [2.05, 4.69) is 17.5 Å². The molecular weight excluding hydrogens is 356 g/mol. The number of fused-ring (bicyclic) bond motifs is 2. The lowest BCUT2D eigenvalue weighted by molar-refractivity contribution is 0.0436. The van der Waals surface area contributed by atoms with Crippen LogP contribution in [0.5, 0.6) is 0 Å². The number of pyridine rings is 1. The number of hydrogen-bond donors (Lipinski definition) is 0. The molecule has 5 heteroatoms. The lowest BCUT2D eigenvalue weighted by atomic mass is 9.86. The van der Waals surface area contributed by atoms with Crippen LogP contribution in [0, 0.1) is 11.3 Å². The molecule has 2 aromatic heterocycles. The molecule has 0 bridgehead atoms. The molecule has 1 aliphatic carbocycles. The van der Waals surface area contributed by atoms with Crippen molar-refractivity contribution in [2.75, 3.05) is 0 Å². The van der Waals surface area contributed by atoms with E-state index in [-0.39, 0.29) is 0 Å². The fourth-order valence-electron chi connectivity index (χ4n) is 3.50. The number of para-hydroxylation sites is 1. The maximum atomic E-state index is 12.9. The third-order valence-corrected chi connectivity index (χ3v) is 5.52. The minimum atomic E-state index is -0.787. The monoisotopic (exact) mass is 374 g/mol. The summed E-state index contributed by atoms with van der Waals surface area (Å²) in [5.41, 5.74) is 4.27. The average molecular weight is 374 g/mol. The number of aromatic nitrogens is 1. The van der Waals surface area contributed by atoms with E-state index in [4.69, 9.17) is 15.0 Å². The number of allylic oxidation sites excluding steroid dienone is 1. The molecule has 0 fully saturated rings. The molecule has 1 atom stereocenters. The zero-order valence-electron chi connectivity index (χ0n) is 14.9. The molecule has 1 aliphatic rings. The van der Waals surface area contributed by atoms with Crippen molar-refractivity contribution in [1.29, 1.82) is 5.26 Å². The van der Waals surface area contributed by atoms with Crippen LogP contribution in [0.1, 0.15) is 46.3 Å². The largest absolute Gasteiger partial charge is 0.444 e. The SMILES string of the molecule is C[C@@H](C#N)OC(=O)c1c2c(nc3ccccc13)/C(=C\c1cccs1)CCC2. The van der Waals surface area contributed by atoms with Crippen LogP contribution in [0.2, 0.25) is 0 Å². The summed E-state index contributed by atoms with van der Waals surface area (Å²) < 4.78 is 5.36. The van der Waals surface area contributed by atoms with E-state index in [9.17, 15) is 4.79 Å². The molecule has 0 saturated heterocycles. The number of carbonyl (C=O) groups excluding carboxylic acids is 1. The second-order valence-corrected chi connectivity index (χ2v) is 7.53. The molecule has 0 saturated carbocycles. The summed E-state index contributed by atoms with van der Waals surface area (Å²) in [6.07, 6.45) is 4.04. The number of esters is 1. The number of carbonyl (C=O) groups is 1. The van der Waals surface area contributed by atoms with Crippen LogP contribution in [-0.4, -0.2) is 17.1 Å². The van der Waals surface area contributed by atoms with E-state index in [1.54, 1.807) is 18.3 Å². The standard InChI is InChI=1S/C22H18N2O2S/c1-14(13-23)26-22(25)20-17-8-2-3-10-19(17)24-21-15(6-4-9-18(20)21)12-16-7-5-11-27-16/h2-3,5,7-8,10-12,14H,4,6,9H2,1H3/b15-12-/t14-/m0/s1. The summed E-state index contributed by atoms with van der Waals surface area (Å²) in [6.45, 7) is 1.58. The van der Waals surface area contributed by atoms with Crippen molar-refractivity contribution >= 4 is 39.9 Å². The van der Waals surface area contributed by atoms with E-state index in [1.807, 2.05) is 36.4 Å². The number of rotatable bonds is 3. The summed E-state index contributed by atoms with van der Waals surface area (Å²) >= 11 is 1.68. The highest BCUT2D eigenvalue weighted by Gasteiger charge is 2.26. The van der Waals surface area contributed by atoms with Gasteiger partial charge in [0.05, 0.1) is 16.8 Å². The normalized spacial score (nSPS) is 15.9. The van der Waals surface area contributed by atoms with Crippen LogP contribution >= 0.6 is 11.3 Å². The van der Waals surface area contributed by atoms with Crippen molar-refractivity contribution in [3.05, 3.63) is 63.5 Å². The molecule has 4 nitrogen and oxygen atoms in total. The minimum absolute atomic E-state index is 0.448. The number of benzene rings is 1. The first-order valence-corrected chi connectivity index (χ1v) is 9.82. The Morgan fingerprint density at radius 1 is 1.30 bits per heavy atom. The van der Waals surface area contributed by atoms with Gasteiger partial charge in [0.25, 0.3) is 0 Å². The predicted molar refractivity (Wildman–Crippen MR) is 107 cm³/mol. The van der Waals surface area contributed by atoms with Crippen LogP contribution in [0.25, 0.3) is 22.6 Å². The van der Waals surface area contributed by atoms with Crippen molar-refractivity contribution in [2.24, 2.45) is 0 Å². The van der Waals surface area contributed by atoms with Crippen molar-refractivity contribution in [3.63, 3.8) is 0 Å². The van der Waals surface area contributed by atoms with Crippen LogP contribution in [0.4, 0.5) is 0 Å². The number of ether oxygens (including phenoxy) is 1. The first kappa shape index (κ1) is 17.4. The van der Waals surface area contributed by atoms with Gasteiger partial charge >= 0.3 is 5.97 Å². The summed E-state index contributed by atoms with van der Waals surface area (Å²) in [7, 11) is 0. The quantitative estimate of drug-likeness (QED) is 0.588. The fraction of sp³-hybridized carbons (Fsp3) is 0.227. The van der Waals surface area contributed by atoms with Crippen LogP contribution in [0.15, 0.2) is 41.8 Å². The van der Waals surface area contributed by atoms with Crippen LogP contribution in [0.3, 0.4) is 0 Å². The molecule has 27 heavy (non-hydrogen) atoms. The second kappa shape index (κ2) is 7.34. The number of nitrogens with zero attached hydrogens (tertiary/aromatic N) is 2. The third kappa shape index (κ3) is 3.36. The highest BCUT2D eigenvalue weighted by atomic mass is 32.1. The van der Waals surface area contributed by atoms with Gasteiger partial charge in [-0.1, -0.05) is 24.3 Å². The third-order valence-electron chi connectivity index (χ3n) is 4.70. The second-order valence-electron chi connectivity index (χ2n) is 6.55. The minimum Gasteiger partial charge on any atom is -0.444 e. The molecule has 0 unspecified atom stereocenters. The Hall–Kier alpha value is -2.97. The van der Waals surface area contributed by atoms with E-state index in [1.165, 1.54) is 4.88 Å². The van der Waals surface area contributed by atoms with Gasteiger partial charge in [-0.2, -0.15) is 5.26 Å². The van der Waals surface area contributed by atoms with Gasteiger partial charge in [0.2, 0.25) is 0 Å². The topological polar surface area (TPSA) is 63.0 Å². The molecule has 1 aromatic carbocycles. The number of thiophene rings is 1. The van der Waals surface area contributed by atoms with Crippen molar-refractivity contribution in [2.45, 2.75) is 32.3 Å². The van der Waals surface area contributed by atoms with Gasteiger partial charge in [0, 0.05) is 10.3 Å². The molecule has 0 N–H and O–H groups in total. The lowest BCUT2D eigenvalue weighted by Gasteiger charge is -2.22. The maximum absolute atomic E-state index is 12.9. The molecule has 3 aromatic rings. The molecule has 0 radical (unpaired) electrons. The van der Waals surface area contributed by atoms with Crippen molar-refractivity contribution in [1.82, 2.24) is 4.98 Å². The van der Waals surface area contributed by atoms with Gasteiger partial charge in [0.15, 0.2) is 6.10 Å². The Morgan fingerprint density at radius 3 is 2.93 bits per heavy atom. The fourth-order valence-corrected chi connectivity index (χ4v) is 4.18. The van der Waals surface area contributed by atoms with Crippen LogP contribution < -0.4 is 0 Å². The molecule has 0 spiro atoms. The Bertz CT molecular complexity index is 1080. The summed E-state index contributed by atoms with van der Waals surface area (Å²) in [5, 5.41) is 11.9. The highest BCUT2D eigenvalue weighted by molar-refractivity contribution is 7.10. The van der Waals surface area contributed by atoms with E-state index in [0.29, 0.717) is 5.56 Å². The van der Waals surface area contributed by atoms with Gasteiger partial charge in [0.1, 0.15) is 6.07 Å². The lowest BCUT2D eigenvalue weighted by Crippen LogP contribution is -2.18. The smallest absolute Gasteiger partial charge is 0.340 e. The first-order chi connectivity index (χ1) is 13.2. The molecule has 0 aliphatic heterocycles. The zero-order valence-corrected chi connectivity index (χ0v) is 15.8. The Labute approximate surface area is 161 Å². The number of hydrogen-bond acceptors (Lipinski definition) is 5. The van der Waals surface area contributed by atoms with E-state index >= 15 is 0 Å². The summed E-state index contributed by atoms with van der Waals surface area (Å²) in [6, 6.07) is 13.7. The highest BCUT2D eigenvalue weighted by Crippen LogP contribution is 2.36. The zero-order chi connectivity index (χ0) is 18.8.